The molecular weight excluding hydrogens is 266 g/mol. The Hall–Kier alpha value is -1.69. The van der Waals surface area contributed by atoms with Crippen LogP contribution >= 0.6 is 11.3 Å². The quantitative estimate of drug-likeness (QED) is 0.811. The Morgan fingerprint density at radius 3 is 2.42 bits per heavy atom. The summed E-state index contributed by atoms with van der Waals surface area (Å²) in [4.78, 5) is 36.4. The molecule has 1 aromatic heterocycles. The number of hydrogen-bond acceptors (Lipinski definition) is 4. The molecule has 19 heavy (non-hydrogen) atoms. The van der Waals surface area contributed by atoms with Crippen molar-refractivity contribution in [3.05, 3.63) is 22.4 Å². The molecule has 1 aromatic rings. The van der Waals surface area contributed by atoms with Gasteiger partial charge in [-0.2, -0.15) is 0 Å². The number of Topliss-reactive ketones (excluding diaryl/α,β-unsaturated/α-hetero) is 1. The average molecular weight is 283 g/mol. The van der Waals surface area contributed by atoms with E-state index in [-0.39, 0.29) is 24.5 Å². The minimum absolute atomic E-state index is 0.0178. The number of amides is 1. The summed E-state index contributed by atoms with van der Waals surface area (Å²) in [5.74, 6) is -1.52. The second kappa shape index (κ2) is 5.97. The molecule has 1 rings (SSSR count). The Labute approximate surface area is 115 Å². The number of aliphatic carboxylic acids is 1. The summed E-state index contributed by atoms with van der Waals surface area (Å²) >= 11 is 1.33. The zero-order valence-corrected chi connectivity index (χ0v) is 12.0. The number of carbonyl (C=O) groups is 3. The van der Waals surface area contributed by atoms with Gasteiger partial charge in [-0.05, 0) is 25.3 Å². The number of carboxylic acid groups (broad SMARTS) is 1. The summed E-state index contributed by atoms with van der Waals surface area (Å²) in [7, 11) is 1.44. The number of thiophene rings is 1. The van der Waals surface area contributed by atoms with Gasteiger partial charge in [0.25, 0.3) is 0 Å². The molecular formula is C13H17NO4S. The maximum absolute atomic E-state index is 11.9. The third-order valence-corrected chi connectivity index (χ3v) is 4.01. The lowest BCUT2D eigenvalue weighted by atomic mass is 10.0. The lowest BCUT2D eigenvalue weighted by Crippen LogP contribution is -2.50. The summed E-state index contributed by atoms with van der Waals surface area (Å²) in [6.07, 6.45) is 0.114. The Bertz CT molecular complexity index is 479. The molecule has 0 aliphatic carbocycles. The summed E-state index contributed by atoms with van der Waals surface area (Å²) in [5, 5.41) is 10.8. The third kappa shape index (κ3) is 3.64. The van der Waals surface area contributed by atoms with E-state index in [0.717, 1.165) is 4.90 Å². The van der Waals surface area contributed by atoms with E-state index in [4.69, 9.17) is 5.11 Å². The van der Waals surface area contributed by atoms with Crippen molar-refractivity contribution in [3.63, 3.8) is 0 Å². The first-order chi connectivity index (χ1) is 8.76. The second-order valence-corrected chi connectivity index (χ2v) is 5.67. The Kier molecular flexibility index (Phi) is 4.83. The second-order valence-electron chi connectivity index (χ2n) is 4.72. The van der Waals surface area contributed by atoms with Gasteiger partial charge in [0.1, 0.15) is 5.54 Å². The van der Waals surface area contributed by atoms with Crippen LogP contribution in [0.3, 0.4) is 0 Å². The van der Waals surface area contributed by atoms with Crippen molar-refractivity contribution in [3.8, 4) is 0 Å². The van der Waals surface area contributed by atoms with Gasteiger partial charge in [0.2, 0.25) is 5.91 Å². The van der Waals surface area contributed by atoms with E-state index in [9.17, 15) is 14.4 Å². The van der Waals surface area contributed by atoms with Gasteiger partial charge in [-0.3, -0.25) is 9.59 Å². The standard InChI is InChI=1S/C13H17NO4S/c1-13(2,12(17)18)14(3)11(16)7-6-9(15)10-5-4-8-19-10/h4-5,8H,6-7H2,1-3H3,(H,17,18). The minimum Gasteiger partial charge on any atom is -0.480 e. The number of hydrogen-bond donors (Lipinski definition) is 1. The molecule has 1 N–H and O–H groups in total. The molecule has 0 bridgehead atoms. The molecule has 1 heterocycles. The predicted molar refractivity (Wildman–Crippen MR) is 72.4 cm³/mol. The van der Waals surface area contributed by atoms with E-state index in [1.807, 2.05) is 0 Å². The van der Waals surface area contributed by atoms with Gasteiger partial charge in [0, 0.05) is 19.9 Å². The summed E-state index contributed by atoms with van der Waals surface area (Å²) in [6.45, 7) is 2.91. The number of rotatable bonds is 6. The zero-order valence-electron chi connectivity index (χ0n) is 11.2. The van der Waals surface area contributed by atoms with E-state index in [2.05, 4.69) is 0 Å². The number of likely N-dealkylation sites (N-methyl/N-ethyl adjacent to an activating group) is 1. The van der Waals surface area contributed by atoms with Crippen molar-refractivity contribution in [1.29, 1.82) is 0 Å². The summed E-state index contributed by atoms with van der Waals surface area (Å²) < 4.78 is 0. The fraction of sp³-hybridized carbons (Fsp3) is 0.462. The van der Waals surface area contributed by atoms with Crippen LogP contribution in [0.4, 0.5) is 0 Å². The Morgan fingerprint density at radius 1 is 1.32 bits per heavy atom. The molecule has 1 amide bonds. The monoisotopic (exact) mass is 283 g/mol. The molecule has 0 spiro atoms. The molecule has 0 saturated heterocycles. The number of carboxylic acids is 1. The topological polar surface area (TPSA) is 74.7 Å². The molecule has 0 aliphatic rings. The highest BCUT2D eigenvalue weighted by atomic mass is 32.1. The molecule has 0 aliphatic heterocycles. The maximum Gasteiger partial charge on any atom is 0.329 e. The van der Waals surface area contributed by atoms with E-state index >= 15 is 0 Å². The molecule has 0 fully saturated rings. The van der Waals surface area contributed by atoms with Crippen molar-refractivity contribution in [2.75, 3.05) is 7.05 Å². The van der Waals surface area contributed by atoms with Crippen molar-refractivity contribution >= 4 is 29.0 Å². The number of nitrogens with zero attached hydrogens (tertiary/aromatic N) is 1. The van der Waals surface area contributed by atoms with Gasteiger partial charge >= 0.3 is 5.97 Å². The van der Waals surface area contributed by atoms with Gasteiger partial charge in [-0.15, -0.1) is 11.3 Å². The Morgan fingerprint density at radius 2 is 1.95 bits per heavy atom. The van der Waals surface area contributed by atoms with Gasteiger partial charge in [-0.1, -0.05) is 6.07 Å². The van der Waals surface area contributed by atoms with Gasteiger partial charge in [-0.25, -0.2) is 4.79 Å². The van der Waals surface area contributed by atoms with Crippen molar-refractivity contribution in [1.82, 2.24) is 4.90 Å². The fourth-order valence-corrected chi connectivity index (χ4v) is 2.10. The van der Waals surface area contributed by atoms with E-state index in [0.29, 0.717) is 4.88 Å². The van der Waals surface area contributed by atoms with Crippen LogP contribution in [-0.4, -0.2) is 40.3 Å². The largest absolute Gasteiger partial charge is 0.480 e. The first-order valence-electron chi connectivity index (χ1n) is 5.83. The third-order valence-electron chi connectivity index (χ3n) is 3.10. The van der Waals surface area contributed by atoms with Gasteiger partial charge in [0.15, 0.2) is 5.78 Å². The highest BCUT2D eigenvalue weighted by Crippen LogP contribution is 2.16. The van der Waals surface area contributed by atoms with E-state index in [1.54, 1.807) is 17.5 Å². The van der Waals surface area contributed by atoms with E-state index < -0.39 is 11.5 Å². The fourth-order valence-electron chi connectivity index (χ4n) is 1.40. The maximum atomic E-state index is 11.9. The highest BCUT2D eigenvalue weighted by Gasteiger charge is 2.34. The normalized spacial score (nSPS) is 11.1. The van der Waals surface area contributed by atoms with Gasteiger partial charge in [0.05, 0.1) is 4.88 Å². The van der Waals surface area contributed by atoms with Crippen LogP contribution < -0.4 is 0 Å². The molecule has 0 atom stereocenters. The van der Waals surface area contributed by atoms with Crippen LogP contribution in [0.2, 0.25) is 0 Å². The lowest BCUT2D eigenvalue weighted by Gasteiger charge is -2.31. The SMILES string of the molecule is CN(C(=O)CCC(=O)c1cccs1)C(C)(C)C(=O)O. The van der Waals surface area contributed by atoms with Crippen LogP contribution in [0.25, 0.3) is 0 Å². The van der Waals surface area contributed by atoms with Gasteiger partial charge < -0.3 is 10.0 Å². The number of carbonyl (C=O) groups excluding carboxylic acids is 2. The molecule has 0 aromatic carbocycles. The Balaban J connectivity index is 2.57. The van der Waals surface area contributed by atoms with Crippen LogP contribution in [0.5, 0.6) is 0 Å². The zero-order chi connectivity index (χ0) is 14.6. The highest BCUT2D eigenvalue weighted by molar-refractivity contribution is 7.12. The van der Waals surface area contributed by atoms with Crippen molar-refractivity contribution in [2.24, 2.45) is 0 Å². The first kappa shape index (κ1) is 15.4. The number of ketones is 1. The van der Waals surface area contributed by atoms with Crippen LogP contribution in [-0.2, 0) is 9.59 Å². The van der Waals surface area contributed by atoms with Crippen LogP contribution in [0.1, 0.15) is 36.4 Å². The molecule has 0 radical (unpaired) electrons. The minimum atomic E-state index is -1.27. The van der Waals surface area contributed by atoms with Crippen LogP contribution in [0.15, 0.2) is 17.5 Å². The lowest BCUT2D eigenvalue weighted by molar-refractivity contribution is -0.155. The molecule has 104 valence electrons. The van der Waals surface area contributed by atoms with Crippen molar-refractivity contribution in [2.45, 2.75) is 32.2 Å². The molecule has 0 saturated carbocycles. The van der Waals surface area contributed by atoms with Crippen LogP contribution in [0, 0.1) is 0 Å². The van der Waals surface area contributed by atoms with E-state index in [1.165, 1.54) is 32.2 Å². The van der Waals surface area contributed by atoms with Crippen molar-refractivity contribution < 1.29 is 19.5 Å². The summed E-state index contributed by atoms with van der Waals surface area (Å²) in [5.41, 5.74) is -1.27. The summed E-state index contributed by atoms with van der Waals surface area (Å²) in [6, 6.07) is 3.49. The molecule has 5 nitrogen and oxygen atoms in total. The predicted octanol–water partition coefficient (Wildman–Crippen LogP) is 2.03. The molecule has 0 unspecified atom stereocenters. The average Bonchev–Trinajstić information content (AvgIpc) is 2.88. The molecule has 6 heteroatoms. The first-order valence-corrected chi connectivity index (χ1v) is 6.71. The smallest absolute Gasteiger partial charge is 0.329 e.